The third-order valence-corrected chi connectivity index (χ3v) is 4.30. The topological polar surface area (TPSA) is 32.8 Å². The maximum absolute atomic E-state index is 12.7. The summed E-state index contributed by atoms with van der Waals surface area (Å²) in [5.74, 6) is 0. The van der Waals surface area contributed by atoms with Gasteiger partial charge in [-0.3, -0.25) is 0 Å². The molecular formula is C21H18N2O2. The monoisotopic (exact) mass is 330 g/mol. The molecule has 3 aromatic rings. The van der Waals surface area contributed by atoms with Crippen LogP contribution in [0.15, 0.2) is 84.9 Å². The lowest BCUT2D eigenvalue weighted by Gasteiger charge is -2.30. The first-order valence-corrected chi connectivity index (χ1v) is 8.21. The number of cyclic esters (lactones) is 1. The number of ether oxygens (including phenoxy) is 1. The van der Waals surface area contributed by atoms with Gasteiger partial charge in [0.15, 0.2) is 0 Å². The maximum atomic E-state index is 12.7. The van der Waals surface area contributed by atoms with Crippen LogP contribution in [0.25, 0.3) is 0 Å². The van der Waals surface area contributed by atoms with E-state index < -0.39 is 6.23 Å². The summed E-state index contributed by atoms with van der Waals surface area (Å²) in [5, 5.41) is 3.49. The number of aryl methyl sites for hydroxylation is 1. The fraction of sp³-hybridized carbons (Fsp3) is 0.0952. The van der Waals surface area contributed by atoms with Gasteiger partial charge in [-0.15, -0.1) is 0 Å². The van der Waals surface area contributed by atoms with E-state index in [1.165, 1.54) is 0 Å². The average molecular weight is 330 g/mol. The first kappa shape index (κ1) is 15.3. The fourth-order valence-electron chi connectivity index (χ4n) is 3.08. The summed E-state index contributed by atoms with van der Waals surface area (Å²) in [6.07, 6.45) is -0.889. The number of anilines is 2. The lowest BCUT2D eigenvalue weighted by Crippen LogP contribution is -2.40. The molecule has 0 radical (unpaired) electrons. The molecule has 1 saturated heterocycles. The molecule has 0 N–H and O–H groups in total. The third kappa shape index (κ3) is 2.72. The van der Waals surface area contributed by atoms with Gasteiger partial charge in [0, 0.05) is 5.56 Å². The van der Waals surface area contributed by atoms with Gasteiger partial charge in [-0.1, -0.05) is 60.7 Å². The number of nitrogens with zero attached hydrogens (tertiary/aromatic N) is 2. The summed E-state index contributed by atoms with van der Waals surface area (Å²) < 4.78 is 5.78. The molecule has 1 unspecified atom stereocenters. The molecular weight excluding hydrogens is 312 g/mol. The summed E-state index contributed by atoms with van der Waals surface area (Å²) in [7, 11) is 0. The SMILES string of the molecule is Cc1ccccc1C1OC(=O)N(c2ccccc2)N1c1ccccc1. The molecule has 1 aliphatic heterocycles. The van der Waals surface area contributed by atoms with Crippen molar-refractivity contribution in [1.82, 2.24) is 0 Å². The van der Waals surface area contributed by atoms with Crippen LogP contribution in [-0.2, 0) is 4.74 Å². The van der Waals surface area contributed by atoms with Crippen molar-refractivity contribution in [1.29, 1.82) is 0 Å². The Labute approximate surface area is 146 Å². The molecule has 1 amide bonds. The van der Waals surface area contributed by atoms with Crippen LogP contribution in [0.2, 0.25) is 0 Å². The highest BCUT2D eigenvalue weighted by Crippen LogP contribution is 2.39. The second-order valence-electron chi connectivity index (χ2n) is 5.92. The minimum Gasteiger partial charge on any atom is -0.418 e. The largest absolute Gasteiger partial charge is 0.436 e. The van der Waals surface area contributed by atoms with Crippen molar-refractivity contribution >= 4 is 17.5 Å². The Bertz CT molecular complexity index is 881. The standard InChI is InChI=1S/C21H18N2O2/c1-16-10-8-9-15-19(16)20-22(17-11-4-2-5-12-17)23(21(24)25-20)18-13-6-3-7-14-18/h2-15,20H,1H3. The highest BCUT2D eigenvalue weighted by molar-refractivity contribution is 5.93. The van der Waals surface area contributed by atoms with Gasteiger partial charge in [0.2, 0.25) is 6.23 Å². The molecule has 25 heavy (non-hydrogen) atoms. The van der Waals surface area contributed by atoms with Crippen molar-refractivity contribution in [3.05, 3.63) is 96.1 Å². The summed E-state index contributed by atoms with van der Waals surface area (Å²) in [6, 6.07) is 27.3. The van der Waals surface area contributed by atoms with Crippen molar-refractivity contribution in [2.24, 2.45) is 0 Å². The Hall–Kier alpha value is -3.27. The zero-order valence-corrected chi connectivity index (χ0v) is 13.9. The third-order valence-electron chi connectivity index (χ3n) is 4.30. The Balaban J connectivity index is 1.85. The zero-order chi connectivity index (χ0) is 17.2. The highest BCUT2D eigenvalue weighted by Gasteiger charge is 2.42. The van der Waals surface area contributed by atoms with Gasteiger partial charge >= 0.3 is 6.09 Å². The first-order chi connectivity index (χ1) is 12.3. The Morgan fingerprint density at radius 3 is 1.96 bits per heavy atom. The van der Waals surface area contributed by atoms with E-state index in [0.717, 1.165) is 22.5 Å². The Morgan fingerprint density at radius 1 is 0.760 bits per heavy atom. The Kier molecular flexibility index (Phi) is 3.86. The van der Waals surface area contributed by atoms with Crippen molar-refractivity contribution in [3.8, 4) is 0 Å². The molecule has 0 aromatic heterocycles. The second-order valence-corrected chi connectivity index (χ2v) is 5.92. The summed E-state index contributed by atoms with van der Waals surface area (Å²) >= 11 is 0. The molecule has 1 aliphatic rings. The summed E-state index contributed by atoms with van der Waals surface area (Å²) in [5.41, 5.74) is 3.71. The molecule has 3 aromatic carbocycles. The van der Waals surface area contributed by atoms with Gasteiger partial charge in [0.25, 0.3) is 0 Å². The average Bonchev–Trinajstić information content (AvgIpc) is 3.00. The predicted molar refractivity (Wildman–Crippen MR) is 98.2 cm³/mol. The van der Waals surface area contributed by atoms with Crippen molar-refractivity contribution in [3.63, 3.8) is 0 Å². The van der Waals surface area contributed by atoms with Crippen LogP contribution in [0.4, 0.5) is 16.2 Å². The molecule has 0 bridgehead atoms. The Morgan fingerprint density at radius 2 is 1.32 bits per heavy atom. The van der Waals surface area contributed by atoms with Crippen molar-refractivity contribution < 1.29 is 9.53 Å². The van der Waals surface area contributed by atoms with Gasteiger partial charge in [0.05, 0.1) is 11.4 Å². The van der Waals surface area contributed by atoms with Gasteiger partial charge < -0.3 is 4.74 Å². The highest BCUT2D eigenvalue weighted by atomic mass is 16.6. The van der Waals surface area contributed by atoms with Crippen LogP contribution >= 0.6 is 0 Å². The summed E-state index contributed by atoms with van der Waals surface area (Å²) in [6.45, 7) is 2.03. The van der Waals surface area contributed by atoms with E-state index in [0.29, 0.717) is 0 Å². The first-order valence-electron chi connectivity index (χ1n) is 8.21. The number of para-hydroxylation sites is 2. The molecule has 4 nitrogen and oxygen atoms in total. The quantitative estimate of drug-likeness (QED) is 0.672. The molecule has 4 heteroatoms. The van der Waals surface area contributed by atoms with Crippen LogP contribution in [0.3, 0.4) is 0 Å². The van der Waals surface area contributed by atoms with Crippen LogP contribution < -0.4 is 10.0 Å². The number of rotatable bonds is 3. The van der Waals surface area contributed by atoms with E-state index in [-0.39, 0.29) is 6.09 Å². The van der Waals surface area contributed by atoms with Gasteiger partial charge in [-0.2, -0.15) is 5.01 Å². The lowest BCUT2D eigenvalue weighted by molar-refractivity contribution is 0.138. The number of hydrogen-bond acceptors (Lipinski definition) is 3. The number of carbonyl (C=O) groups excluding carboxylic acids is 1. The number of benzene rings is 3. The van der Waals surface area contributed by atoms with Gasteiger partial charge in [-0.25, -0.2) is 9.80 Å². The van der Waals surface area contributed by atoms with Crippen molar-refractivity contribution in [2.45, 2.75) is 13.2 Å². The van der Waals surface area contributed by atoms with Crippen LogP contribution in [0.5, 0.6) is 0 Å². The van der Waals surface area contributed by atoms with Gasteiger partial charge in [0.1, 0.15) is 0 Å². The van der Waals surface area contributed by atoms with Crippen LogP contribution in [0, 0.1) is 6.92 Å². The fourth-order valence-corrected chi connectivity index (χ4v) is 3.08. The molecule has 1 heterocycles. The van der Waals surface area contributed by atoms with E-state index in [1.54, 1.807) is 5.01 Å². The molecule has 0 saturated carbocycles. The second kappa shape index (κ2) is 6.32. The molecule has 1 fully saturated rings. The van der Waals surface area contributed by atoms with Gasteiger partial charge in [-0.05, 0) is 36.8 Å². The number of hydrogen-bond donors (Lipinski definition) is 0. The van der Waals surface area contributed by atoms with E-state index in [2.05, 4.69) is 0 Å². The number of carbonyl (C=O) groups is 1. The van der Waals surface area contributed by atoms with Crippen LogP contribution in [-0.4, -0.2) is 6.09 Å². The van der Waals surface area contributed by atoms with E-state index in [1.807, 2.05) is 96.9 Å². The minimum absolute atomic E-state index is 0.386. The summed E-state index contributed by atoms with van der Waals surface area (Å²) in [4.78, 5) is 12.7. The molecule has 4 rings (SSSR count). The van der Waals surface area contributed by atoms with E-state index >= 15 is 0 Å². The number of amides is 1. The maximum Gasteiger partial charge on any atom is 0.436 e. The van der Waals surface area contributed by atoms with Crippen LogP contribution in [0.1, 0.15) is 17.4 Å². The van der Waals surface area contributed by atoms with E-state index in [9.17, 15) is 4.79 Å². The molecule has 1 atom stereocenters. The van der Waals surface area contributed by atoms with E-state index in [4.69, 9.17) is 4.74 Å². The minimum atomic E-state index is -0.503. The predicted octanol–water partition coefficient (Wildman–Crippen LogP) is 5.07. The normalized spacial score (nSPS) is 16.8. The molecule has 0 aliphatic carbocycles. The lowest BCUT2D eigenvalue weighted by atomic mass is 10.1. The van der Waals surface area contributed by atoms with Crippen molar-refractivity contribution in [2.75, 3.05) is 10.0 Å². The smallest absolute Gasteiger partial charge is 0.418 e. The molecule has 124 valence electrons. The number of hydrazine groups is 1. The molecule has 0 spiro atoms. The zero-order valence-electron chi connectivity index (χ0n) is 13.9.